The van der Waals surface area contributed by atoms with Crippen LogP contribution in [0, 0.1) is 5.82 Å². The minimum Gasteiger partial charge on any atom is -0.207 e. The van der Waals surface area contributed by atoms with E-state index in [4.69, 9.17) is 0 Å². The smallest absolute Gasteiger partial charge is 0.123 e. The fraction of sp³-hybridized carbons (Fsp3) is 0.143. The van der Waals surface area contributed by atoms with Crippen LogP contribution in [0.1, 0.15) is 5.56 Å². The van der Waals surface area contributed by atoms with Crippen molar-refractivity contribution >= 4 is 7.85 Å². The van der Waals surface area contributed by atoms with Crippen LogP contribution in [-0.2, 0) is 6.32 Å². The maximum atomic E-state index is 12.4. The summed E-state index contributed by atoms with van der Waals surface area (Å²) in [5.74, 6) is -0.104. The van der Waals surface area contributed by atoms with Crippen LogP contribution in [0.4, 0.5) is 4.39 Å². The molecule has 0 saturated heterocycles. The molecule has 0 heterocycles. The van der Waals surface area contributed by atoms with Gasteiger partial charge in [-0.05, 0) is 20.0 Å². The summed E-state index contributed by atoms with van der Waals surface area (Å²) in [5, 5.41) is 0. The quantitative estimate of drug-likeness (QED) is 0.482. The molecule has 0 aliphatic rings. The molecular weight excluding hydrogens is 114 g/mol. The molecule has 0 aliphatic carbocycles. The maximum absolute atomic E-state index is 12.4. The highest BCUT2D eigenvalue weighted by Gasteiger charge is 1.86. The van der Waals surface area contributed by atoms with E-state index in [9.17, 15) is 4.39 Å². The second-order valence-electron chi connectivity index (χ2n) is 1.63. The van der Waals surface area contributed by atoms with Gasteiger partial charge in [0.2, 0.25) is 0 Å². The first-order chi connectivity index (χ1) is 4.33. The Kier molecular flexibility index (Phi) is 1.88. The van der Waals surface area contributed by atoms with E-state index in [1.807, 2.05) is 6.07 Å². The molecule has 0 spiro atoms. The van der Waals surface area contributed by atoms with Crippen molar-refractivity contribution in [3.8, 4) is 0 Å². The molecule has 1 rings (SSSR count). The average molecular weight is 123 g/mol. The summed E-state index contributed by atoms with van der Waals surface area (Å²) in [5.41, 5.74) is 1.16. The molecule has 0 fully saturated rings. The Hall–Kier alpha value is -0.785. The minimum absolute atomic E-state index is 0.104. The fourth-order valence-corrected chi connectivity index (χ4v) is 0.537. The molecule has 0 bridgehead atoms. The predicted octanol–water partition coefficient (Wildman–Crippen LogP) is 0.691. The summed E-state index contributed by atoms with van der Waals surface area (Å²) >= 11 is 0. The van der Waals surface area contributed by atoms with E-state index in [0.717, 1.165) is 11.9 Å². The van der Waals surface area contributed by atoms with Crippen molar-refractivity contribution in [2.75, 3.05) is 0 Å². The van der Waals surface area contributed by atoms with Gasteiger partial charge in [0.05, 0.1) is 0 Å². The topological polar surface area (TPSA) is 0 Å². The van der Waals surface area contributed by atoms with Gasteiger partial charge in [0.15, 0.2) is 0 Å². The average Bonchev–Trinajstić information content (AvgIpc) is 1.88. The van der Waals surface area contributed by atoms with E-state index in [-0.39, 0.29) is 5.82 Å². The molecule has 9 heavy (non-hydrogen) atoms. The Morgan fingerprint density at radius 3 is 2.67 bits per heavy atom. The van der Waals surface area contributed by atoms with Crippen LogP contribution < -0.4 is 0 Å². The van der Waals surface area contributed by atoms with E-state index in [0.29, 0.717) is 7.85 Å². The van der Waals surface area contributed by atoms with Gasteiger partial charge < -0.3 is 0 Å². The van der Waals surface area contributed by atoms with Crippen LogP contribution in [0.3, 0.4) is 0 Å². The first-order valence-electron chi connectivity index (χ1n) is 2.36. The van der Waals surface area contributed by atoms with Gasteiger partial charge in [-0.2, -0.15) is 6.32 Å². The zero-order chi connectivity index (χ0) is 6.69. The molecule has 0 radical (unpaired) electrons. The second kappa shape index (κ2) is 2.67. The molecule has 0 aliphatic heterocycles. The second-order valence-corrected chi connectivity index (χ2v) is 1.63. The monoisotopic (exact) mass is 123 g/mol. The minimum atomic E-state index is -0.104. The summed E-state index contributed by atoms with van der Waals surface area (Å²) in [6.07, 6.45) is 1.15. The lowest BCUT2D eigenvalue weighted by atomic mass is 9.97. The predicted molar refractivity (Wildman–Crippen MR) is 40.0 cm³/mol. The molecule has 1 aromatic carbocycles. The van der Waals surface area contributed by atoms with E-state index in [2.05, 4.69) is 0 Å². The van der Waals surface area contributed by atoms with Crippen molar-refractivity contribution in [2.24, 2.45) is 0 Å². The highest BCUT2D eigenvalue weighted by Crippen LogP contribution is 2.01. The van der Waals surface area contributed by atoms with Gasteiger partial charge in [-0.25, -0.2) is 4.39 Å². The molecule has 2 heteroatoms. The summed E-state index contributed by atoms with van der Waals surface area (Å²) in [4.78, 5) is 0. The van der Waals surface area contributed by atoms with Crippen LogP contribution in [0.2, 0.25) is 0 Å². The summed E-state index contributed by atoms with van der Waals surface area (Å²) in [6.45, 7) is 0. The molecular formula is C7H9BF-. The zero-order valence-electron chi connectivity index (χ0n) is 4.39. The van der Waals surface area contributed by atoms with E-state index in [1.165, 1.54) is 6.07 Å². The molecule has 0 amide bonds. The Labute approximate surface area is 55.1 Å². The molecule has 0 nitrogen and oxygen atoms in total. The number of halogens is 1. The van der Waals surface area contributed by atoms with Crippen molar-refractivity contribution in [3.05, 3.63) is 35.6 Å². The lowest BCUT2D eigenvalue weighted by Crippen LogP contribution is -1.83. The van der Waals surface area contributed by atoms with Crippen LogP contribution in [0.5, 0.6) is 0 Å². The zero-order valence-corrected chi connectivity index (χ0v) is 4.39. The third-order valence-corrected chi connectivity index (χ3v) is 0.889. The van der Waals surface area contributed by atoms with Gasteiger partial charge in [0.1, 0.15) is 5.82 Å². The lowest BCUT2D eigenvalue weighted by molar-refractivity contribution is 0.626. The van der Waals surface area contributed by atoms with Gasteiger partial charge in [0, 0.05) is 0 Å². The fourth-order valence-electron chi connectivity index (χ4n) is 0.537. The molecule has 48 valence electrons. The van der Waals surface area contributed by atoms with Gasteiger partial charge in [0.25, 0.3) is 0 Å². The Morgan fingerprint density at radius 2 is 2.22 bits per heavy atom. The first-order valence-corrected chi connectivity index (χ1v) is 2.36. The summed E-state index contributed by atoms with van der Waals surface area (Å²) in [7, 11) is 0.387. The van der Waals surface area contributed by atoms with Crippen molar-refractivity contribution in [2.45, 2.75) is 6.32 Å². The van der Waals surface area contributed by atoms with Gasteiger partial charge in [-0.3, -0.25) is 0 Å². The number of rotatable bonds is 1. The van der Waals surface area contributed by atoms with E-state index in [1.54, 1.807) is 12.1 Å². The van der Waals surface area contributed by atoms with Gasteiger partial charge in [-0.1, -0.05) is 17.7 Å². The Balaban J connectivity index is 2.94. The SMILES string of the molecule is [BH3-]Cc1cccc(F)c1. The highest BCUT2D eigenvalue weighted by atomic mass is 19.1. The van der Waals surface area contributed by atoms with Gasteiger partial charge in [-0.15, -0.1) is 0 Å². The normalized spacial score (nSPS) is 9.56. The van der Waals surface area contributed by atoms with Crippen LogP contribution >= 0.6 is 0 Å². The Bertz CT molecular complexity index is 198. The number of benzene rings is 1. The summed E-state index contributed by atoms with van der Waals surface area (Å²) in [6, 6.07) is 6.86. The third kappa shape index (κ3) is 1.56. The standard InChI is InChI=1S/C7H9BF/c8-5-6-2-1-3-7(9)4-6/h1-4H,5H2,8H3/q-1. The van der Waals surface area contributed by atoms with Crippen molar-refractivity contribution in [3.63, 3.8) is 0 Å². The first kappa shape index (κ1) is 6.34. The van der Waals surface area contributed by atoms with Crippen molar-refractivity contribution < 1.29 is 4.39 Å². The lowest BCUT2D eigenvalue weighted by Gasteiger charge is -1.95. The number of hydrogen-bond acceptors (Lipinski definition) is 0. The van der Waals surface area contributed by atoms with Crippen molar-refractivity contribution in [1.82, 2.24) is 0 Å². The molecule has 0 aromatic heterocycles. The largest absolute Gasteiger partial charge is 0.207 e. The highest BCUT2D eigenvalue weighted by molar-refractivity contribution is 6.08. The van der Waals surface area contributed by atoms with E-state index >= 15 is 0 Å². The van der Waals surface area contributed by atoms with Crippen LogP contribution in [0.15, 0.2) is 24.3 Å². The Morgan fingerprint density at radius 1 is 1.44 bits per heavy atom. The van der Waals surface area contributed by atoms with Crippen LogP contribution in [-0.4, -0.2) is 7.85 Å². The molecule has 0 N–H and O–H groups in total. The molecule has 1 aromatic rings. The molecule has 0 saturated carbocycles. The molecule has 0 atom stereocenters. The number of hydrogen-bond donors (Lipinski definition) is 0. The molecule has 0 unspecified atom stereocenters. The third-order valence-electron chi connectivity index (χ3n) is 0.889. The van der Waals surface area contributed by atoms with E-state index < -0.39 is 0 Å². The van der Waals surface area contributed by atoms with Crippen LogP contribution in [0.25, 0.3) is 0 Å². The summed E-state index contributed by atoms with van der Waals surface area (Å²) < 4.78 is 12.4. The van der Waals surface area contributed by atoms with Gasteiger partial charge >= 0.3 is 0 Å². The van der Waals surface area contributed by atoms with Crippen molar-refractivity contribution in [1.29, 1.82) is 0 Å². The maximum Gasteiger partial charge on any atom is 0.123 e.